The van der Waals surface area contributed by atoms with Gasteiger partial charge in [0, 0.05) is 24.7 Å². The third kappa shape index (κ3) is 5.65. The molecule has 0 aromatic heterocycles. The monoisotopic (exact) mass is 286 g/mol. The predicted molar refractivity (Wildman–Crippen MR) is 89.1 cm³/mol. The lowest BCUT2D eigenvalue weighted by Gasteiger charge is -2.47. The molecule has 1 aliphatic rings. The van der Waals surface area contributed by atoms with Crippen molar-refractivity contribution in [1.82, 2.24) is 10.2 Å². The summed E-state index contributed by atoms with van der Waals surface area (Å²) in [5.74, 6) is 2.07. The summed E-state index contributed by atoms with van der Waals surface area (Å²) in [6.45, 7) is 13.1. The van der Waals surface area contributed by atoms with Crippen LogP contribution in [0, 0.1) is 5.92 Å². The fraction of sp³-hybridized carbons (Fsp3) is 1.00. The van der Waals surface area contributed by atoms with E-state index in [0.717, 1.165) is 18.5 Å². The molecule has 0 saturated carbocycles. The summed E-state index contributed by atoms with van der Waals surface area (Å²) in [5, 5.41) is 3.77. The Bertz CT molecular complexity index is 245. The number of nitrogens with one attached hydrogen (secondary N) is 1. The summed E-state index contributed by atoms with van der Waals surface area (Å²) in [6.07, 6.45) is 7.56. The van der Waals surface area contributed by atoms with Crippen molar-refractivity contribution in [3.8, 4) is 0 Å². The first kappa shape index (κ1) is 17.3. The summed E-state index contributed by atoms with van der Waals surface area (Å²) in [4.78, 5) is 2.75. The van der Waals surface area contributed by atoms with Crippen LogP contribution in [0.5, 0.6) is 0 Å². The van der Waals surface area contributed by atoms with Crippen molar-refractivity contribution in [1.29, 1.82) is 0 Å². The Balaban J connectivity index is 2.43. The quantitative estimate of drug-likeness (QED) is 0.686. The highest BCUT2D eigenvalue weighted by Gasteiger charge is 2.35. The number of thioether (sulfide) groups is 1. The van der Waals surface area contributed by atoms with E-state index >= 15 is 0 Å². The predicted octanol–water partition coefficient (Wildman–Crippen LogP) is 3.62. The lowest BCUT2D eigenvalue weighted by atomic mass is 9.89. The normalized spacial score (nSPS) is 29.1. The second kappa shape index (κ2) is 8.53. The number of nitrogens with zero attached hydrogens (tertiary/aromatic N) is 1. The summed E-state index contributed by atoms with van der Waals surface area (Å²) in [6, 6.07) is 0.722. The van der Waals surface area contributed by atoms with Crippen LogP contribution in [0.2, 0.25) is 0 Å². The zero-order valence-corrected chi connectivity index (χ0v) is 14.5. The maximum atomic E-state index is 3.77. The van der Waals surface area contributed by atoms with Gasteiger partial charge in [0.05, 0.1) is 0 Å². The molecule has 0 radical (unpaired) electrons. The standard InChI is InChI=1S/C16H34N2S/c1-6-16(4)13-18(10-8-7-9-11-19-5)15(12-17-16)14(2)3/h14-15,17H,6-13H2,1-5H3. The fourth-order valence-electron chi connectivity index (χ4n) is 2.98. The van der Waals surface area contributed by atoms with Crippen LogP contribution < -0.4 is 5.32 Å². The number of rotatable bonds is 8. The van der Waals surface area contributed by atoms with Gasteiger partial charge in [0.2, 0.25) is 0 Å². The van der Waals surface area contributed by atoms with Gasteiger partial charge in [-0.2, -0.15) is 11.8 Å². The summed E-state index contributed by atoms with van der Waals surface area (Å²) in [7, 11) is 0. The van der Waals surface area contributed by atoms with E-state index in [9.17, 15) is 0 Å². The highest BCUT2D eigenvalue weighted by molar-refractivity contribution is 7.98. The van der Waals surface area contributed by atoms with E-state index in [1.807, 2.05) is 11.8 Å². The second-order valence-corrected chi connectivity index (χ2v) is 7.62. The first-order valence-corrected chi connectivity index (χ1v) is 9.40. The largest absolute Gasteiger partial charge is 0.309 e. The second-order valence-electron chi connectivity index (χ2n) is 6.63. The maximum Gasteiger partial charge on any atom is 0.0278 e. The Morgan fingerprint density at radius 2 is 2.05 bits per heavy atom. The Hall–Kier alpha value is 0.270. The van der Waals surface area contributed by atoms with Crippen LogP contribution in [0.3, 0.4) is 0 Å². The van der Waals surface area contributed by atoms with Gasteiger partial charge < -0.3 is 5.32 Å². The Kier molecular flexibility index (Phi) is 7.78. The summed E-state index contributed by atoms with van der Waals surface area (Å²) >= 11 is 1.97. The topological polar surface area (TPSA) is 15.3 Å². The number of piperazine rings is 1. The van der Waals surface area contributed by atoms with Gasteiger partial charge in [-0.25, -0.2) is 0 Å². The molecule has 1 saturated heterocycles. The van der Waals surface area contributed by atoms with E-state index in [4.69, 9.17) is 0 Å². The lowest BCUT2D eigenvalue weighted by molar-refractivity contribution is 0.0590. The summed E-state index contributed by atoms with van der Waals surface area (Å²) < 4.78 is 0. The minimum Gasteiger partial charge on any atom is -0.309 e. The molecule has 1 heterocycles. The molecule has 3 heteroatoms. The molecule has 1 aliphatic heterocycles. The van der Waals surface area contributed by atoms with Crippen molar-refractivity contribution in [2.75, 3.05) is 31.6 Å². The minimum absolute atomic E-state index is 0.324. The zero-order chi connectivity index (χ0) is 14.3. The minimum atomic E-state index is 0.324. The van der Waals surface area contributed by atoms with Gasteiger partial charge in [0.25, 0.3) is 0 Å². The van der Waals surface area contributed by atoms with Crippen LogP contribution in [-0.4, -0.2) is 48.1 Å². The molecule has 0 spiro atoms. The van der Waals surface area contributed by atoms with E-state index < -0.39 is 0 Å². The number of hydrogen-bond acceptors (Lipinski definition) is 3. The third-order valence-electron chi connectivity index (χ3n) is 4.60. The Morgan fingerprint density at radius 3 is 2.63 bits per heavy atom. The molecule has 0 aromatic carbocycles. The van der Waals surface area contributed by atoms with Gasteiger partial charge in [-0.15, -0.1) is 0 Å². The SMILES string of the molecule is CCC1(C)CN(CCCCCSC)C(C(C)C)CN1. The van der Waals surface area contributed by atoms with E-state index in [0.29, 0.717) is 5.54 Å². The molecule has 19 heavy (non-hydrogen) atoms. The molecule has 0 bridgehead atoms. The van der Waals surface area contributed by atoms with Crippen LogP contribution in [0.1, 0.15) is 53.4 Å². The molecule has 1 fully saturated rings. The van der Waals surface area contributed by atoms with Crippen molar-refractivity contribution in [2.24, 2.45) is 5.92 Å². The van der Waals surface area contributed by atoms with E-state index in [1.165, 1.54) is 44.5 Å². The van der Waals surface area contributed by atoms with E-state index in [2.05, 4.69) is 44.2 Å². The number of unbranched alkanes of at least 4 members (excludes halogenated alkanes) is 2. The van der Waals surface area contributed by atoms with Gasteiger partial charge >= 0.3 is 0 Å². The molecule has 2 nitrogen and oxygen atoms in total. The van der Waals surface area contributed by atoms with Crippen molar-refractivity contribution in [2.45, 2.75) is 65.0 Å². The van der Waals surface area contributed by atoms with Crippen molar-refractivity contribution < 1.29 is 0 Å². The van der Waals surface area contributed by atoms with Crippen LogP contribution in [0.4, 0.5) is 0 Å². The van der Waals surface area contributed by atoms with Gasteiger partial charge in [-0.3, -0.25) is 4.90 Å². The Labute approximate surface area is 125 Å². The zero-order valence-electron chi connectivity index (χ0n) is 13.7. The molecule has 1 N–H and O–H groups in total. The molecule has 0 amide bonds. The first-order chi connectivity index (χ1) is 9.02. The smallest absolute Gasteiger partial charge is 0.0278 e. The molecule has 2 atom stereocenters. The Morgan fingerprint density at radius 1 is 1.32 bits per heavy atom. The fourth-order valence-corrected chi connectivity index (χ4v) is 3.47. The van der Waals surface area contributed by atoms with Crippen LogP contribution in [0.25, 0.3) is 0 Å². The average molecular weight is 287 g/mol. The summed E-state index contributed by atoms with van der Waals surface area (Å²) in [5.41, 5.74) is 0.324. The van der Waals surface area contributed by atoms with Crippen LogP contribution >= 0.6 is 11.8 Å². The molecular formula is C16H34N2S. The van der Waals surface area contributed by atoms with Crippen molar-refractivity contribution in [3.63, 3.8) is 0 Å². The van der Waals surface area contributed by atoms with Gasteiger partial charge in [-0.1, -0.05) is 27.2 Å². The lowest BCUT2D eigenvalue weighted by Crippen LogP contribution is -2.63. The van der Waals surface area contributed by atoms with Crippen LogP contribution in [0.15, 0.2) is 0 Å². The molecule has 2 unspecified atom stereocenters. The van der Waals surface area contributed by atoms with Gasteiger partial charge in [0.15, 0.2) is 0 Å². The molecular weight excluding hydrogens is 252 g/mol. The van der Waals surface area contributed by atoms with E-state index in [-0.39, 0.29) is 0 Å². The molecule has 114 valence electrons. The van der Waals surface area contributed by atoms with Crippen molar-refractivity contribution in [3.05, 3.63) is 0 Å². The van der Waals surface area contributed by atoms with Gasteiger partial charge in [0.1, 0.15) is 0 Å². The highest BCUT2D eigenvalue weighted by atomic mass is 32.2. The van der Waals surface area contributed by atoms with Crippen LogP contribution in [-0.2, 0) is 0 Å². The maximum absolute atomic E-state index is 3.77. The molecule has 0 aliphatic carbocycles. The molecule has 1 rings (SSSR count). The van der Waals surface area contributed by atoms with Gasteiger partial charge in [-0.05, 0) is 50.7 Å². The average Bonchev–Trinajstić information content (AvgIpc) is 2.38. The van der Waals surface area contributed by atoms with E-state index in [1.54, 1.807) is 0 Å². The third-order valence-corrected chi connectivity index (χ3v) is 5.30. The first-order valence-electron chi connectivity index (χ1n) is 8.00. The highest BCUT2D eigenvalue weighted by Crippen LogP contribution is 2.23. The van der Waals surface area contributed by atoms with Crippen molar-refractivity contribution >= 4 is 11.8 Å². The molecule has 0 aromatic rings. The number of hydrogen-bond donors (Lipinski definition) is 1.